The Morgan fingerprint density at radius 3 is 1.25 bits per heavy atom. The van der Waals surface area contributed by atoms with Crippen molar-refractivity contribution in [3.63, 3.8) is 0 Å². The minimum absolute atomic E-state index is 0.158. The van der Waals surface area contributed by atoms with Gasteiger partial charge in [-0.3, -0.25) is 9.59 Å². The predicted octanol–water partition coefficient (Wildman–Crippen LogP) is 24.3. The molecule has 5 unspecified atom stereocenters. The summed E-state index contributed by atoms with van der Waals surface area (Å²) in [6, 6.07) is 28.4. The van der Waals surface area contributed by atoms with Crippen LogP contribution in [0.5, 0.6) is 0 Å². The molecule has 0 amide bonds. The fourth-order valence-corrected chi connectivity index (χ4v) is 21.6. The summed E-state index contributed by atoms with van der Waals surface area (Å²) in [4.78, 5) is 37.7. The molecule has 466 valence electrons. The van der Waals surface area contributed by atoms with Gasteiger partial charge in [0.05, 0.1) is 31.8 Å². The van der Waals surface area contributed by atoms with Crippen molar-refractivity contribution < 1.29 is 9.59 Å². The number of hydrogen-bond donors (Lipinski definition) is 0. The SMILES string of the molecule is CCCCC(CC)CC1(CC(C)C)c2cc(/C=C3\C(=O)c4cc(Cl)c(Cl)cc4C3=C(C#N)C#N)sc2-c2sc(-c3ccc(-c4cc5c(s4)-c4sc(/C=C6\C(=O)c7cc(Cl)c(Cl)cc7C6=C(C#N)C#N)cc4C5(CC(C)CC)CC(CC)CCCC)c4nsnc34)cc21. The quantitative estimate of drug-likeness (QED) is 0.0509. The van der Waals surface area contributed by atoms with Gasteiger partial charge in [0.15, 0.2) is 11.6 Å². The lowest BCUT2D eigenvalue weighted by molar-refractivity contribution is 0.103. The van der Waals surface area contributed by atoms with Crippen molar-refractivity contribution in [2.45, 2.75) is 150 Å². The van der Waals surface area contributed by atoms with Crippen LogP contribution in [-0.4, -0.2) is 20.3 Å². The van der Waals surface area contributed by atoms with E-state index in [0.29, 0.717) is 45.9 Å². The van der Waals surface area contributed by atoms with Gasteiger partial charge in [0, 0.05) is 94.4 Å². The molecule has 0 saturated heterocycles. The second-order valence-electron chi connectivity index (χ2n) is 25.7. The van der Waals surface area contributed by atoms with Gasteiger partial charge in [-0.15, -0.1) is 45.3 Å². The number of nitriles is 4. The maximum atomic E-state index is 14.5. The fraction of sp³-hybridized carbons (Fsp3) is 0.360. The monoisotopic (exact) mass is 1380 g/mol. The zero-order chi connectivity index (χ0) is 65.2. The summed E-state index contributed by atoms with van der Waals surface area (Å²) >= 11 is 34.2. The first-order chi connectivity index (χ1) is 44.3. The van der Waals surface area contributed by atoms with Crippen LogP contribution in [-0.2, 0) is 10.8 Å². The second kappa shape index (κ2) is 26.5. The Morgan fingerprint density at radius 2 is 0.880 bits per heavy atom. The number of benzene rings is 3. The van der Waals surface area contributed by atoms with Gasteiger partial charge < -0.3 is 0 Å². The van der Waals surface area contributed by atoms with Gasteiger partial charge in [0.1, 0.15) is 46.5 Å². The highest BCUT2D eigenvalue weighted by atomic mass is 35.5. The molecule has 0 aliphatic heterocycles. The molecular formula is C75H66Cl4N6O2S5. The molecule has 92 heavy (non-hydrogen) atoms. The van der Waals surface area contributed by atoms with Gasteiger partial charge in [-0.25, -0.2) is 0 Å². The van der Waals surface area contributed by atoms with E-state index in [1.807, 2.05) is 12.2 Å². The summed E-state index contributed by atoms with van der Waals surface area (Å²) in [6.45, 7) is 18.4. The Morgan fingerprint density at radius 1 is 0.500 bits per heavy atom. The summed E-state index contributed by atoms with van der Waals surface area (Å²) in [5, 5.41) is 42.0. The van der Waals surface area contributed by atoms with Crippen molar-refractivity contribution in [3.05, 3.63) is 157 Å². The molecule has 5 heterocycles. The lowest BCUT2D eigenvalue weighted by Crippen LogP contribution is -2.30. The number of Topliss-reactive ketones (excluding diaryl/α,β-unsaturated/α-hetero) is 2. The Bertz CT molecular complexity index is 4670. The average Bonchev–Trinajstić information content (AvgIpc) is 1.55. The molecule has 5 atom stereocenters. The van der Waals surface area contributed by atoms with Crippen LogP contribution >= 0.6 is 103 Å². The van der Waals surface area contributed by atoms with E-state index in [1.165, 1.54) is 65.6 Å². The van der Waals surface area contributed by atoms with Crippen LogP contribution in [0, 0.1) is 69.0 Å². The van der Waals surface area contributed by atoms with E-state index in [-0.39, 0.29) is 75.9 Å². The number of aromatic nitrogens is 2. The van der Waals surface area contributed by atoms with Gasteiger partial charge in [0.25, 0.3) is 0 Å². The van der Waals surface area contributed by atoms with Crippen LogP contribution in [0.3, 0.4) is 0 Å². The Balaban J connectivity index is 0.997. The molecule has 0 radical (unpaired) electrons. The molecule has 0 spiro atoms. The normalized spacial score (nSPS) is 18.6. The predicted molar refractivity (Wildman–Crippen MR) is 385 cm³/mol. The number of rotatable bonds is 21. The zero-order valence-electron chi connectivity index (χ0n) is 52.5. The van der Waals surface area contributed by atoms with Crippen LogP contribution < -0.4 is 0 Å². The van der Waals surface area contributed by atoms with E-state index >= 15 is 0 Å². The third kappa shape index (κ3) is 11.1. The lowest BCUT2D eigenvalue weighted by Gasteiger charge is -2.37. The third-order valence-corrected chi connectivity index (χ3v) is 26.4. The largest absolute Gasteiger partial charge is 0.289 e. The van der Waals surface area contributed by atoms with Crippen LogP contribution in [0.15, 0.2) is 83.0 Å². The molecule has 0 bridgehead atoms. The first-order valence-corrected chi connectivity index (χ1v) is 37.3. The number of allylic oxidation sites excluding steroid dienone is 6. The summed E-state index contributed by atoms with van der Waals surface area (Å²) in [5.74, 6) is 1.08. The highest BCUT2D eigenvalue weighted by Gasteiger charge is 2.50. The van der Waals surface area contributed by atoms with Crippen molar-refractivity contribution in [3.8, 4) is 64.7 Å². The van der Waals surface area contributed by atoms with Crippen molar-refractivity contribution in [1.29, 1.82) is 21.0 Å². The number of carbonyl (C=O) groups is 2. The zero-order valence-corrected chi connectivity index (χ0v) is 59.6. The standard InChI is InChI=1S/C75H66Cl4N6O2S5/c1-9-14-16-40(12-4)32-74(30-38(6)7)54-22-44(20-52-64(42(34-80)35-81)48-24-58(76)60(78)26-50(48)68(52)86)88-70(54)72-56(74)28-62(90-72)46-18-19-47(67-66(46)84-92-85-67)63-29-57-73(91-63)71-55(75(57,31-39(8)11-3)33-41(13-5)17-15-10-2)23-45(89-71)21-53-65(43(36-82)37-83)49-25-59(77)61(79)27-51(49)69(53)87/h18-29,38-41H,9-17,30-33H2,1-8H3/b52-20-,53-21-. The summed E-state index contributed by atoms with van der Waals surface area (Å²) in [7, 11) is 0. The maximum Gasteiger partial charge on any atom is 0.194 e. The Kier molecular flexibility index (Phi) is 18.9. The van der Waals surface area contributed by atoms with Gasteiger partial charge in [-0.05, 0) is 143 Å². The fourth-order valence-electron chi connectivity index (χ4n) is 15.1. The van der Waals surface area contributed by atoms with Crippen molar-refractivity contribution >= 4 is 149 Å². The molecule has 8 nitrogen and oxygen atoms in total. The summed E-state index contributed by atoms with van der Waals surface area (Å²) in [5.41, 5.74) is 10.6. The van der Waals surface area contributed by atoms with Gasteiger partial charge in [-0.1, -0.05) is 172 Å². The average molecular weight is 1390 g/mol. The number of carbonyl (C=O) groups excluding carboxylic acids is 2. The topological polar surface area (TPSA) is 155 Å². The van der Waals surface area contributed by atoms with Gasteiger partial charge in [0.2, 0.25) is 0 Å². The van der Waals surface area contributed by atoms with Crippen molar-refractivity contribution in [2.75, 3.05) is 0 Å². The Labute approximate surface area is 579 Å². The van der Waals surface area contributed by atoms with E-state index in [4.69, 9.17) is 55.2 Å². The molecule has 17 heteroatoms. The first kappa shape index (κ1) is 65.7. The molecular weight excluding hydrogens is 1320 g/mol. The number of ketones is 2. The molecule has 5 aromatic heterocycles. The molecule has 12 rings (SSSR count). The number of thiophene rings is 4. The van der Waals surface area contributed by atoms with Gasteiger partial charge in [-0.2, -0.15) is 29.8 Å². The number of halogens is 4. The molecule has 3 aromatic carbocycles. The van der Waals surface area contributed by atoms with Crippen molar-refractivity contribution in [2.24, 2.45) is 23.7 Å². The second-order valence-corrected chi connectivity index (χ2v) is 32.1. The molecule has 0 saturated carbocycles. The minimum atomic E-state index is -0.333. The number of fused-ring (bicyclic) bond motifs is 9. The van der Waals surface area contributed by atoms with E-state index in [0.717, 1.165) is 125 Å². The highest BCUT2D eigenvalue weighted by molar-refractivity contribution is 7.25. The van der Waals surface area contributed by atoms with E-state index in [9.17, 15) is 30.6 Å². The molecule has 0 N–H and O–H groups in total. The van der Waals surface area contributed by atoms with Crippen LogP contribution in [0.4, 0.5) is 0 Å². The third-order valence-electron chi connectivity index (χ3n) is 19.6. The summed E-state index contributed by atoms with van der Waals surface area (Å²) < 4.78 is 10.3. The lowest BCUT2D eigenvalue weighted by atomic mass is 9.66. The van der Waals surface area contributed by atoms with Gasteiger partial charge >= 0.3 is 0 Å². The highest BCUT2D eigenvalue weighted by Crippen LogP contribution is 2.65. The number of nitrogens with zero attached hydrogens (tertiary/aromatic N) is 6. The molecule has 4 aliphatic carbocycles. The first-order valence-electron chi connectivity index (χ1n) is 31.8. The Hall–Kier alpha value is -6.30. The van der Waals surface area contributed by atoms with E-state index in [2.05, 4.69) is 116 Å². The summed E-state index contributed by atoms with van der Waals surface area (Å²) in [6.07, 6.45) is 17.5. The minimum Gasteiger partial charge on any atom is -0.289 e. The maximum absolute atomic E-state index is 14.5. The van der Waals surface area contributed by atoms with Crippen LogP contribution in [0.1, 0.15) is 203 Å². The van der Waals surface area contributed by atoms with Crippen molar-refractivity contribution in [1.82, 2.24) is 8.75 Å². The van der Waals surface area contributed by atoms with Crippen LogP contribution in [0.25, 0.3) is 74.7 Å². The van der Waals surface area contributed by atoms with E-state index in [1.54, 1.807) is 57.5 Å². The van der Waals surface area contributed by atoms with E-state index < -0.39 is 0 Å². The molecule has 8 aromatic rings. The number of unbranched alkanes of at least 4 members (excludes halogenated alkanes) is 2. The molecule has 4 aliphatic rings. The smallest absolute Gasteiger partial charge is 0.194 e. The number of hydrogen-bond acceptors (Lipinski definition) is 13. The van der Waals surface area contributed by atoms with Crippen LogP contribution in [0.2, 0.25) is 20.1 Å². The molecule has 0 fully saturated rings.